The normalized spacial score (nSPS) is 29.5. The summed E-state index contributed by atoms with van der Waals surface area (Å²) in [6.45, 7) is 2.13. The average molecular weight is 304 g/mol. The third-order valence-electron chi connectivity index (χ3n) is 5.02. The lowest BCUT2D eigenvalue weighted by Crippen LogP contribution is -2.56. The van der Waals surface area contributed by atoms with Crippen molar-refractivity contribution in [2.45, 2.75) is 50.3 Å². The van der Waals surface area contributed by atoms with Crippen LogP contribution in [0.1, 0.15) is 42.6 Å². The fourth-order valence-electron chi connectivity index (χ4n) is 3.78. The summed E-state index contributed by atoms with van der Waals surface area (Å²) in [6.07, 6.45) is 7.80. The molecule has 120 valence electrons. The summed E-state index contributed by atoms with van der Waals surface area (Å²) in [6, 6.07) is 1.66. The second-order valence-corrected chi connectivity index (χ2v) is 6.31. The minimum absolute atomic E-state index is 0.137. The van der Waals surface area contributed by atoms with E-state index in [1.807, 2.05) is 0 Å². The lowest BCUT2D eigenvalue weighted by Gasteiger charge is -2.43. The monoisotopic (exact) mass is 304 g/mol. The highest BCUT2D eigenvalue weighted by atomic mass is 16.3. The maximum absolute atomic E-state index is 12.5. The van der Waals surface area contributed by atoms with Crippen LogP contribution in [0.2, 0.25) is 0 Å². The molecule has 0 spiro atoms. The van der Waals surface area contributed by atoms with Gasteiger partial charge in [0.15, 0.2) is 0 Å². The van der Waals surface area contributed by atoms with Crippen LogP contribution in [0.15, 0.2) is 18.6 Å². The molecule has 1 amide bonds. The van der Waals surface area contributed by atoms with Crippen LogP contribution in [0, 0.1) is 0 Å². The van der Waals surface area contributed by atoms with E-state index in [-0.39, 0.29) is 18.0 Å². The number of nitrogens with zero attached hydrogens (tertiary/aromatic N) is 4. The molecule has 1 aliphatic carbocycles. The van der Waals surface area contributed by atoms with Gasteiger partial charge in [0.2, 0.25) is 0 Å². The molecule has 3 atom stereocenters. The van der Waals surface area contributed by atoms with Crippen LogP contribution in [0.25, 0.3) is 0 Å². The van der Waals surface area contributed by atoms with E-state index in [0.717, 1.165) is 32.4 Å². The number of hydrogen-bond acceptors (Lipinski definition) is 5. The van der Waals surface area contributed by atoms with Crippen molar-refractivity contribution in [3.8, 4) is 0 Å². The van der Waals surface area contributed by atoms with E-state index in [1.165, 1.54) is 19.2 Å². The minimum atomic E-state index is -0.484. The quantitative estimate of drug-likeness (QED) is 0.899. The van der Waals surface area contributed by atoms with Crippen molar-refractivity contribution in [1.29, 1.82) is 0 Å². The summed E-state index contributed by atoms with van der Waals surface area (Å²) in [5.41, 5.74) is 0.382. The molecule has 3 rings (SSSR count). The van der Waals surface area contributed by atoms with Gasteiger partial charge >= 0.3 is 0 Å². The number of carbonyl (C=O) groups excluding carboxylic acids is 1. The Bertz CT molecular complexity index is 504. The molecule has 2 fully saturated rings. The van der Waals surface area contributed by atoms with Gasteiger partial charge in [-0.15, -0.1) is 0 Å². The molecule has 0 unspecified atom stereocenters. The van der Waals surface area contributed by atoms with Gasteiger partial charge in [-0.05, 0) is 51.3 Å². The summed E-state index contributed by atoms with van der Waals surface area (Å²) in [7, 11) is 1.77. The number of rotatable bonds is 3. The first kappa shape index (κ1) is 15.4. The third-order valence-corrected chi connectivity index (χ3v) is 5.02. The first-order valence-electron chi connectivity index (χ1n) is 8.14. The topological polar surface area (TPSA) is 69.6 Å². The molecule has 1 aliphatic heterocycles. The largest absolute Gasteiger partial charge is 0.389 e. The summed E-state index contributed by atoms with van der Waals surface area (Å²) >= 11 is 0. The second kappa shape index (κ2) is 6.71. The van der Waals surface area contributed by atoms with Gasteiger partial charge < -0.3 is 10.0 Å². The molecule has 6 nitrogen and oxygen atoms in total. The van der Waals surface area contributed by atoms with Crippen LogP contribution in [-0.2, 0) is 0 Å². The Balaban J connectivity index is 1.71. The molecule has 22 heavy (non-hydrogen) atoms. The molecule has 1 aromatic heterocycles. The van der Waals surface area contributed by atoms with Gasteiger partial charge in [-0.2, -0.15) is 0 Å². The first-order valence-corrected chi connectivity index (χ1v) is 8.14. The van der Waals surface area contributed by atoms with Crippen molar-refractivity contribution < 1.29 is 9.90 Å². The van der Waals surface area contributed by atoms with E-state index in [4.69, 9.17) is 0 Å². The molecular weight excluding hydrogens is 280 g/mol. The molecule has 1 saturated carbocycles. The number of likely N-dealkylation sites (tertiary alicyclic amines) is 1. The smallest absolute Gasteiger partial charge is 0.272 e. The number of hydrogen-bond donors (Lipinski definition) is 1. The van der Waals surface area contributed by atoms with Gasteiger partial charge in [-0.25, -0.2) is 9.97 Å². The zero-order valence-corrected chi connectivity index (χ0v) is 13.1. The van der Waals surface area contributed by atoms with Gasteiger partial charge in [0.05, 0.1) is 12.1 Å². The Labute approximate surface area is 131 Å². The number of aliphatic hydroxyl groups is 1. The zero-order valence-electron chi connectivity index (χ0n) is 13.1. The van der Waals surface area contributed by atoms with E-state index in [2.05, 4.69) is 14.9 Å². The molecule has 0 radical (unpaired) electrons. The lowest BCUT2D eigenvalue weighted by atomic mass is 9.86. The number of amides is 1. The van der Waals surface area contributed by atoms with Gasteiger partial charge in [0.1, 0.15) is 12.0 Å². The predicted molar refractivity (Wildman–Crippen MR) is 82.4 cm³/mol. The average Bonchev–Trinajstić information content (AvgIpc) is 3.09. The van der Waals surface area contributed by atoms with Crippen LogP contribution >= 0.6 is 0 Å². The van der Waals surface area contributed by atoms with E-state index in [0.29, 0.717) is 5.69 Å². The van der Waals surface area contributed by atoms with E-state index >= 15 is 0 Å². The molecule has 2 aliphatic rings. The highest BCUT2D eigenvalue weighted by molar-refractivity contribution is 5.92. The number of likely N-dealkylation sites (N-methyl/N-ethyl adjacent to an activating group) is 1. The van der Waals surface area contributed by atoms with Crippen molar-refractivity contribution in [2.24, 2.45) is 0 Å². The Morgan fingerprint density at radius 2 is 2.09 bits per heavy atom. The molecule has 1 saturated heterocycles. The SMILES string of the molecule is CN(C(=O)c1ccncn1)[C@@H]1CCC[C@@H](N2CCCC2)[C@@H]1O. The van der Waals surface area contributed by atoms with E-state index in [1.54, 1.807) is 24.2 Å². The lowest BCUT2D eigenvalue weighted by molar-refractivity contribution is -0.0243. The van der Waals surface area contributed by atoms with E-state index in [9.17, 15) is 9.90 Å². The Hall–Kier alpha value is -1.53. The van der Waals surface area contributed by atoms with Crippen molar-refractivity contribution in [3.05, 3.63) is 24.3 Å². The van der Waals surface area contributed by atoms with Crippen LogP contribution in [0.5, 0.6) is 0 Å². The Morgan fingerprint density at radius 3 is 2.77 bits per heavy atom. The minimum Gasteiger partial charge on any atom is -0.389 e. The standard InChI is InChI=1S/C16H24N4O2/c1-19(16(22)12-7-8-17-11-18-12)13-5-4-6-14(15(13)21)20-9-2-3-10-20/h7-8,11,13-15,21H,2-6,9-10H2,1H3/t13-,14-,15-/m1/s1. The fourth-order valence-corrected chi connectivity index (χ4v) is 3.78. The summed E-state index contributed by atoms with van der Waals surface area (Å²) in [4.78, 5) is 24.4. The third kappa shape index (κ3) is 2.98. The molecule has 2 heterocycles. The predicted octanol–water partition coefficient (Wildman–Crippen LogP) is 0.926. The van der Waals surface area contributed by atoms with Crippen LogP contribution in [-0.4, -0.2) is 69.1 Å². The van der Waals surface area contributed by atoms with Gasteiger partial charge in [0, 0.05) is 19.3 Å². The molecule has 0 aromatic carbocycles. The van der Waals surface area contributed by atoms with Gasteiger partial charge in [-0.3, -0.25) is 9.69 Å². The van der Waals surface area contributed by atoms with Crippen molar-refractivity contribution in [2.75, 3.05) is 20.1 Å². The van der Waals surface area contributed by atoms with Crippen LogP contribution < -0.4 is 0 Å². The highest BCUT2D eigenvalue weighted by Crippen LogP contribution is 2.29. The van der Waals surface area contributed by atoms with Crippen molar-refractivity contribution in [3.63, 3.8) is 0 Å². The highest BCUT2D eigenvalue weighted by Gasteiger charge is 2.39. The zero-order chi connectivity index (χ0) is 15.5. The number of carbonyl (C=O) groups is 1. The summed E-state index contributed by atoms with van der Waals surface area (Å²) in [5.74, 6) is -0.145. The fraction of sp³-hybridized carbons (Fsp3) is 0.688. The van der Waals surface area contributed by atoms with Crippen molar-refractivity contribution >= 4 is 5.91 Å². The summed E-state index contributed by atoms with van der Waals surface area (Å²) in [5, 5.41) is 10.8. The molecule has 1 N–H and O–H groups in total. The van der Waals surface area contributed by atoms with Gasteiger partial charge in [-0.1, -0.05) is 0 Å². The second-order valence-electron chi connectivity index (χ2n) is 6.31. The maximum Gasteiger partial charge on any atom is 0.272 e. The van der Waals surface area contributed by atoms with Crippen LogP contribution in [0.4, 0.5) is 0 Å². The molecule has 0 bridgehead atoms. The Morgan fingerprint density at radius 1 is 1.32 bits per heavy atom. The van der Waals surface area contributed by atoms with Gasteiger partial charge in [0.25, 0.3) is 5.91 Å². The van der Waals surface area contributed by atoms with Crippen molar-refractivity contribution in [1.82, 2.24) is 19.8 Å². The molecular formula is C16H24N4O2. The Kier molecular flexibility index (Phi) is 4.69. The first-order chi connectivity index (χ1) is 10.7. The van der Waals surface area contributed by atoms with E-state index < -0.39 is 6.10 Å². The summed E-state index contributed by atoms with van der Waals surface area (Å²) < 4.78 is 0. The molecule has 6 heteroatoms. The van der Waals surface area contributed by atoms with Crippen LogP contribution in [0.3, 0.4) is 0 Å². The number of aromatic nitrogens is 2. The number of aliphatic hydroxyl groups excluding tert-OH is 1. The maximum atomic E-state index is 12.5. The molecule has 1 aromatic rings.